The van der Waals surface area contributed by atoms with Crippen molar-refractivity contribution in [2.45, 2.75) is 63.4 Å². The van der Waals surface area contributed by atoms with Crippen LogP contribution in [-0.4, -0.2) is 40.8 Å². The van der Waals surface area contributed by atoms with Crippen LogP contribution in [0.5, 0.6) is 0 Å². The molecule has 1 saturated heterocycles. The Morgan fingerprint density at radius 1 is 1.24 bits per heavy atom. The molecular weight excluding hydrogens is 318 g/mol. The van der Waals surface area contributed by atoms with E-state index in [0.717, 1.165) is 19.3 Å². The minimum absolute atomic E-state index is 0.00474. The van der Waals surface area contributed by atoms with Gasteiger partial charge in [-0.2, -0.15) is 0 Å². The summed E-state index contributed by atoms with van der Waals surface area (Å²) >= 11 is 0. The Balaban J connectivity index is 1.75. The number of piperidine rings is 1. The van der Waals surface area contributed by atoms with Gasteiger partial charge in [0.1, 0.15) is 5.60 Å². The molecular formula is C20H27NO4. The number of carbonyl (C=O) groups is 2. The van der Waals surface area contributed by atoms with Gasteiger partial charge in [0.2, 0.25) is 0 Å². The smallest absolute Gasteiger partial charge is 0.410 e. The topological polar surface area (TPSA) is 66.8 Å². The highest BCUT2D eigenvalue weighted by molar-refractivity contribution is 5.69. The number of ether oxygens (including phenoxy) is 1. The summed E-state index contributed by atoms with van der Waals surface area (Å²) in [4.78, 5) is 25.3. The second-order valence-corrected chi connectivity index (χ2v) is 8.33. The average Bonchev–Trinajstić information content (AvgIpc) is 2.80. The molecule has 1 heterocycles. The molecule has 0 radical (unpaired) electrons. The van der Waals surface area contributed by atoms with E-state index in [0.29, 0.717) is 13.1 Å². The fourth-order valence-electron chi connectivity index (χ4n) is 4.34. The molecule has 5 nitrogen and oxygen atoms in total. The molecule has 1 aliphatic carbocycles. The van der Waals surface area contributed by atoms with Crippen LogP contribution in [0.3, 0.4) is 0 Å². The molecule has 1 spiro atoms. The van der Waals surface area contributed by atoms with Crippen LogP contribution in [0.4, 0.5) is 4.79 Å². The number of benzene rings is 1. The molecule has 1 fully saturated rings. The van der Waals surface area contributed by atoms with Gasteiger partial charge in [0, 0.05) is 13.1 Å². The number of aliphatic carboxylic acids is 1. The van der Waals surface area contributed by atoms with Crippen molar-refractivity contribution >= 4 is 12.1 Å². The normalized spacial score (nSPS) is 21.9. The number of hydrogen-bond donors (Lipinski definition) is 1. The van der Waals surface area contributed by atoms with Gasteiger partial charge >= 0.3 is 12.1 Å². The maximum Gasteiger partial charge on any atom is 0.410 e. The van der Waals surface area contributed by atoms with Gasteiger partial charge in [-0.05, 0) is 62.5 Å². The molecule has 0 unspecified atom stereocenters. The van der Waals surface area contributed by atoms with Crippen molar-refractivity contribution in [1.29, 1.82) is 0 Å². The van der Waals surface area contributed by atoms with Crippen LogP contribution in [0.25, 0.3) is 0 Å². The highest BCUT2D eigenvalue weighted by Crippen LogP contribution is 2.52. The highest BCUT2D eigenvalue weighted by Gasteiger charge is 2.46. The second kappa shape index (κ2) is 6.36. The maximum atomic E-state index is 12.3. The van der Waals surface area contributed by atoms with E-state index >= 15 is 0 Å². The fraction of sp³-hybridized carbons (Fsp3) is 0.600. The number of hydrogen-bond acceptors (Lipinski definition) is 3. The van der Waals surface area contributed by atoms with Crippen molar-refractivity contribution in [3.05, 3.63) is 35.4 Å². The van der Waals surface area contributed by atoms with E-state index in [4.69, 9.17) is 4.74 Å². The molecule has 3 rings (SSSR count). The van der Waals surface area contributed by atoms with Crippen LogP contribution in [0.15, 0.2) is 24.3 Å². The summed E-state index contributed by atoms with van der Waals surface area (Å²) in [6.07, 6.45) is 2.50. The quantitative estimate of drug-likeness (QED) is 0.882. The van der Waals surface area contributed by atoms with Crippen LogP contribution in [0, 0.1) is 0 Å². The van der Waals surface area contributed by atoms with Crippen molar-refractivity contribution in [3.8, 4) is 0 Å². The number of carboxylic acids is 1. The zero-order valence-corrected chi connectivity index (χ0v) is 15.2. The third-order valence-electron chi connectivity index (χ3n) is 5.40. The van der Waals surface area contributed by atoms with E-state index in [1.54, 1.807) is 4.90 Å². The summed E-state index contributed by atoms with van der Waals surface area (Å²) in [7, 11) is 0. The van der Waals surface area contributed by atoms with Gasteiger partial charge < -0.3 is 14.7 Å². The Kier molecular flexibility index (Phi) is 4.52. The maximum absolute atomic E-state index is 12.3. The molecule has 0 aromatic heterocycles. The summed E-state index contributed by atoms with van der Waals surface area (Å²) in [5, 5.41) is 9.24. The third kappa shape index (κ3) is 3.65. The summed E-state index contributed by atoms with van der Waals surface area (Å²) in [6, 6.07) is 8.23. The van der Waals surface area contributed by atoms with Crippen molar-refractivity contribution < 1.29 is 19.4 Å². The van der Waals surface area contributed by atoms with Crippen molar-refractivity contribution in [2.75, 3.05) is 13.1 Å². The lowest BCUT2D eigenvalue weighted by molar-refractivity contribution is -0.137. The predicted molar refractivity (Wildman–Crippen MR) is 94.8 cm³/mol. The molecule has 0 saturated carbocycles. The Hall–Kier alpha value is -2.04. The van der Waals surface area contributed by atoms with E-state index in [2.05, 4.69) is 12.1 Å². The number of carboxylic acid groups (broad SMARTS) is 1. The summed E-state index contributed by atoms with van der Waals surface area (Å²) in [6.45, 7) is 6.94. The standard InChI is InChI=1S/C20H27NO4/c1-19(2,3)25-18(24)21-10-8-20(9-11-21)13-14(12-17(22)23)15-6-4-5-7-16(15)20/h4-7,14H,8-13H2,1-3H3,(H,22,23)/t14-/m1/s1. The summed E-state index contributed by atoms with van der Waals surface area (Å²) in [5.41, 5.74) is 1.97. The van der Waals surface area contributed by atoms with Gasteiger partial charge in [-0.1, -0.05) is 24.3 Å². The van der Waals surface area contributed by atoms with Crippen molar-refractivity contribution in [2.24, 2.45) is 0 Å². The molecule has 5 heteroatoms. The molecule has 0 bridgehead atoms. The molecule has 1 N–H and O–H groups in total. The van der Waals surface area contributed by atoms with Crippen LogP contribution < -0.4 is 0 Å². The van der Waals surface area contributed by atoms with E-state index in [1.165, 1.54) is 11.1 Å². The van der Waals surface area contributed by atoms with Crippen LogP contribution >= 0.6 is 0 Å². The Morgan fingerprint density at radius 2 is 1.88 bits per heavy atom. The first-order valence-corrected chi connectivity index (χ1v) is 8.99. The lowest BCUT2D eigenvalue weighted by atomic mass is 9.73. The molecule has 2 aliphatic rings. The van der Waals surface area contributed by atoms with Gasteiger partial charge in [-0.25, -0.2) is 4.79 Å². The molecule has 25 heavy (non-hydrogen) atoms. The largest absolute Gasteiger partial charge is 0.481 e. The van der Waals surface area contributed by atoms with Gasteiger partial charge in [0.15, 0.2) is 0 Å². The van der Waals surface area contributed by atoms with E-state index in [-0.39, 0.29) is 23.8 Å². The molecule has 1 aliphatic heterocycles. The van der Waals surface area contributed by atoms with Gasteiger partial charge in [0.05, 0.1) is 6.42 Å². The second-order valence-electron chi connectivity index (χ2n) is 8.33. The monoisotopic (exact) mass is 345 g/mol. The van der Waals surface area contributed by atoms with Gasteiger partial charge in [0.25, 0.3) is 0 Å². The first-order valence-electron chi connectivity index (χ1n) is 8.99. The zero-order chi connectivity index (χ0) is 18.2. The van der Waals surface area contributed by atoms with Crippen LogP contribution in [0.1, 0.15) is 63.5 Å². The van der Waals surface area contributed by atoms with Crippen LogP contribution in [0.2, 0.25) is 0 Å². The molecule has 136 valence electrons. The Labute approximate surface area is 149 Å². The number of amides is 1. The van der Waals surface area contributed by atoms with E-state index in [9.17, 15) is 14.7 Å². The number of rotatable bonds is 2. The molecule has 1 aromatic carbocycles. The molecule has 1 atom stereocenters. The third-order valence-corrected chi connectivity index (χ3v) is 5.40. The SMILES string of the molecule is CC(C)(C)OC(=O)N1CCC2(CC1)C[C@@H](CC(=O)O)c1ccccc12. The van der Waals surface area contributed by atoms with Crippen LogP contribution in [-0.2, 0) is 14.9 Å². The molecule has 1 aromatic rings. The van der Waals surface area contributed by atoms with Gasteiger partial charge in [-0.15, -0.1) is 0 Å². The highest BCUT2D eigenvalue weighted by atomic mass is 16.6. The summed E-state index contributed by atoms with van der Waals surface area (Å²) < 4.78 is 5.48. The van der Waals surface area contributed by atoms with Gasteiger partial charge in [-0.3, -0.25) is 4.79 Å². The average molecular weight is 345 g/mol. The minimum atomic E-state index is -0.747. The number of likely N-dealkylation sites (tertiary alicyclic amines) is 1. The van der Waals surface area contributed by atoms with E-state index < -0.39 is 11.6 Å². The number of nitrogens with zero attached hydrogens (tertiary/aromatic N) is 1. The fourth-order valence-corrected chi connectivity index (χ4v) is 4.34. The van der Waals surface area contributed by atoms with E-state index in [1.807, 2.05) is 32.9 Å². The summed E-state index contributed by atoms with van der Waals surface area (Å²) in [5.74, 6) is -0.676. The Bertz CT molecular complexity index is 669. The number of carbonyl (C=O) groups excluding carboxylic acids is 1. The lowest BCUT2D eigenvalue weighted by Crippen LogP contribution is -2.46. The van der Waals surface area contributed by atoms with Crippen molar-refractivity contribution in [3.63, 3.8) is 0 Å². The number of fused-ring (bicyclic) bond motifs is 2. The minimum Gasteiger partial charge on any atom is -0.481 e. The first kappa shape index (κ1) is 17.8. The molecule has 1 amide bonds. The Morgan fingerprint density at radius 3 is 2.48 bits per heavy atom. The zero-order valence-electron chi connectivity index (χ0n) is 15.2. The van der Waals surface area contributed by atoms with Crippen molar-refractivity contribution in [1.82, 2.24) is 4.90 Å². The lowest BCUT2D eigenvalue weighted by Gasteiger charge is -2.40. The first-order chi connectivity index (χ1) is 11.7. The predicted octanol–water partition coefficient (Wildman–Crippen LogP) is 3.92.